The van der Waals surface area contributed by atoms with Crippen LogP contribution in [0.2, 0.25) is 0 Å². The van der Waals surface area contributed by atoms with E-state index in [0.717, 1.165) is 68.7 Å². The van der Waals surface area contributed by atoms with E-state index < -0.39 is 0 Å². The minimum Gasteiger partial charge on any atom is -0.334 e. The maximum absolute atomic E-state index is 13.1. The first-order valence-corrected chi connectivity index (χ1v) is 11.1. The summed E-state index contributed by atoms with van der Waals surface area (Å²) in [6, 6.07) is 2.41. The molecule has 7 heteroatoms. The maximum atomic E-state index is 13.1. The quantitative estimate of drug-likeness (QED) is 0.858. The third-order valence-corrected chi connectivity index (χ3v) is 6.72. The van der Waals surface area contributed by atoms with Gasteiger partial charge in [-0.2, -0.15) is 0 Å². The summed E-state index contributed by atoms with van der Waals surface area (Å²) in [7, 11) is 0. The number of nitrogens with one attached hydrogen (secondary N) is 1. The van der Waals surface area contributed by atoms with Crippen molar-refractivity contribution in [2.24, 2.45) is 5.92 Å². The number of hydrogen-bond donors (Lipinski definition) is 1. The first-order chi connectivity index (χ1) is 13.9. The van der Waals surface area contributed by atoms with E-state index in [1.807, 2.05) is 17.9 Å². The average molecular weight is 400 g/mol. The van der Waals surface area contributed by atoms with Gasteiger partial charge in [-0.3, -0.25) is 19.6 Å². The molecular formula is C22H33N5O2. The fourth-order valence-electron chi connectivity index (χ4n) is 4.62. The van der Waals surface area contributed by atoms with E-state index in [9.17, 15) is 9.59 Å². The van der Waals surface area contributed by atoms with Gasteiger partial charge in [0, 0.05) is 43.2 Å². The highest BCUT2D eigenvalue weighted by Crippen LogP contribution is 2.32. The maximum Gasteiger partial charge on any atom is 0.276 e. The standard InChI is InChI=1S/C22H33N5O2/c1-5-15(4)21(28)26-10-7-6-8-19(26)17-12-20-23-18-13-25(14(2)3)11-9-16(18)22(29)27(20)24-17/h12,14-15,19,24H,5-11,13H2,1-4H3. The lowest BCUT2D eigenvalue weighted by atomic mass is 9.96. The topological polar surface area (TPSA) is 73.7 Å². The highest BCUT2D eigenvalue weighted by molar-refractivity contribution is 5.79. The third kappa shape index (κ3) is 3.61. The molecule has 2 aromatic heterocycles. The lowest BCUT2D eigenvalue weighted by molar-refractivity contribution is -0.139. The second-order valence-electron chi connectivity index (χ2n) is 8.91. The second-order valence-corrected chi connectivity index (χ2v) is 8.91. The van der Waals surface area contributed by atoms with Gasteiger partial charge in [0.05, 0.1) is 17.4 Å². The first-order valence-electron chi connectivity index (χ1n) is 11.1. The Bertz CT molecular complexity index is 960. The molecule has 1 fully saturated rings. The highest BCUT2D eigenvalue weighted by Gasteiger charge is 2.32. The number of piperidine rings is 1. The number of fused-ring (bicyclic) bond motifs is 2. The lowest BCUT2D eigenvalue weighted by Gasteiger charge is -2.36. The summed E-state index contributed by atoms with van der Waals surface area (Å²) in [5, 5.41) is 3.29. The van der Waals surface area contributed by atoms with Crippen LogP contribution < -0.4 is 5.56 Å². The van der Waals surface area contributed by atoms with Crippen LogP contribution in [0.1, 0.15) is 76.4 Å². The van der Waals surface area contributed by atoms with Gasteiger partial charge in [0.1, 0.15) is 0 Å². The van der Waals surface area contributed by atoms with Gasteiger partial charge in [-0.05, 0) is 46.0 Å². The fourth-order valence-corrected chi connectivity index (χ4v) is 4.62. The van der Waals surface area contributed by atoms with Crippen molar-refractivity contribution >= 4 is 11.6 Å². The van der Waals surface area contributed by atoms with E-state index in [1.54, 1.807) is 4.52 Å². The SMILES string of the molecule is CCC(C)C(=O)N1CCCCC1c1cc2nc3c(c(=O)n2[nH]1)CCN(C(C)C)C3. The number of H-pyrrole nitrogens is 1. The molecule has 1 N–H and O–H groups in total. The van der Waals surface area contributed by atoms with Gasteiger partial charge < -0.3 is 4.90 Å². The van der Waals surface area contributed by atoms with Gasteiger partial charge in [-0.25, -0.2) is 9.50 Å². The second kappa shape index (κ2) is 7.94. The van der Waals surface area contributed by atoms with Gasteiger partial charge in [0.25, 0.3) is 5.56 Å². The summed E-state index contributed by atoms with van der Waals surface area (Å²) in [5.41, 5.74) is 3.32. The smallest absolute Gasteiger partial charge is 0.276 e. The molecule has 1 saturated heterocycles. The molecule has 7 nitrogen and oxygen atoms in total. The summed E-state index contributed by atoms with van der Waals surface area (Å²) in [4.78, 5) is 35.2. The number of carbonyl (C=O) groups is 1. The van der Waals surface area contributed by atoms with Gasteiger partial charge in [-0.1, -0.05) is 13.8 Å². The van der Waals surface area contributed by atoms with E-state index in [1.165, 1.54) is 0 Å². The number of carbonyl (C=O) groups excluding carboxylic acids is 1. The Balaban J connectivity index is 1.71. The normalized spacial score (nSPS) is 21.6. The number of rotatable bonds is 4. The minimum absolute atomic E-state index is 0.00413. The molecule has 0 spiro atoms. The van der Waals surface area contributed by atoms with Gasteiger partial charge in [-0.15, -0.1) is 0 Å². The fraction of sp³-hybridized carbons (Fsp3) is 0.682. The minimum atomic E-state index is -0.00413. The molecule has 4 heterocycles. The number of aromatic amines is 1. The molecular weight excluding hydrogens is 366 g/mol. The predicted molar refractivity (Wildman–Crippen MR) is 113 cm³/mol. The molecule has 2 atom stereocenters. The Kier molecular flexibility index (Phi) is 5.51. The van der Waals surface area contributed by atoms with E-state index >= 15 is 0 Å². The lowest BCUT2D eigenvalue weighted by Crippen LogP contribution is -2.41. The van der Waals surface area contributed by atoms with Gasteiger partial charge in [0.15, 0.2) is 5.65 Å². The Hall–Kier alpha value is -2.15. The van der Waals surface area contributed by atoms with Crippen molar-refractivity contribution < 1.29 is 4.79 Å². The molecule has 0 radical (unpaired) electrons. The molecule has 2 aromatic rings. The molecule has 0 saturated carbocycles. The zero-order chi connectivity index (χ0) is 20.7. The molecule has 0 aromatic carbocycles. The number of aromatic nitrogens is 3. The van der Waals surface area contributed by atoms with Gasteiger partial charge in [0.2, 0.25) is 5.91 Å². The van der Waals surface area contributed by atoms with Crippen molar-refractivity contribution in [1.29, 1.82) is 0 Å². The van der Waals surface area contributed by atoms with Crippen LogP contribution in [0.5, 0.6) is 0 Å². The average Bonchev–Trinajstić information content (AvgIpc) is 3.16. The van der Waals surface area contributed by atoms with Crippen LogP contribution in [0, 0.1) is 5.92 Å². The Morgan fingerprint density at radius 3 is 2.79 bits per heavy atom. The largest absolute Gasteiger partial charge is 0.334 e. The third-order valence-electron chi connectivity index (χ3n) is 6.72. The highest BCUT2D eigenvalue weighted by atomic mass is 16.2. The van der Waals surface area contributed by atoms with Crippen molar-refractivity contribution in [1.82, 2.24) is 24.4 Å². The van der Waals surface area contributed by atoms with Crippen molar-refractivity contribution in [2.75, 3.05) is 13.1 Å². The number of nitrogens with zero attached hydrogens (tertiary/aromatic N) is 4. The van der Waals surface area contributed by atoms with E-state index in [2.05, 4.69) is 30.8 Å². The van der Waals surface area contributed by atoms with Crippen LogP contribution in [0.15, 0.2) is 10.9 Å². The molecule has 29 heavy (non-hydrogen) atoms. The van der Waals surface area contributed by atoms with Crippen LogP contribution >= 0.6 is 0 Å². The van der Waals surface area contributed by atoms with E-state index in [-0.39, 0.29) is 23.4 Å². The van der Waals surface area contributed by atoms with Gasteiger partial charge >= 0.3 is 0 Å². The predicted octanol–water partition coefficient (Wildman–Crippen LogP) is 2.89. The van der Waals surface area contributed by atoms with Crippen LogP contribution in [-0.4, -0.2) is 49.4 Å². The van der Waals surface area contributed by atoms with Crippen molar-refractivity contribution in [2.45, 2.75) is 78.4 Å². The monoisotopic (exact) mass is 399 g/mol. The molecule has 2 aliphatic rings. The molecule has 4 rings (SSSR count). The number of likely N-dealkylation sites (tertiary alicyclic amines) is 1. The summed E-state index contributed by atoms with van der Waals surface area (Å²) in [6.07, 6.45) is 4.63. The van der Waals surface area contributed by atoms with Crippen LogP contribution in [0.3, 0.4) is 0 Å². The number of amides is 1. The summed E-state index contributed by atoms with van der Waals surface area (Å²) in [6.45, 7) is 10.8. The van der Waals surface area contributed by atoms with Crippen molar-refractivity contribution in [3.8, 4) is 0 Å². The Labute approximate surface area is 172 Å². The molecule has 158 valence electrons. The Morgan fingerprint density at radius 1 is 1.28 bits per heavy atom. The summed E-state index contributed by atoms with van der Waals surface area (Å²) in [5.74, 6) is 0.234. The zero-order valence-electron chi connectivity index (χ0n) is 18.1. The Morgan fingerprint density at radius 2 is 2.07 bits per heavy atom. The first kappa shape index (κ1) is 20.1. The zero-order valence-corrected chi connectivity index (χ0v) is 18.1. The van der Waals surface area contributed by atoms with E-state index in [0.29, 0.717) is 11.7 Å². The number of hydrogen-bond acceptors (Lipinski definition) is 4. The van der Waals surface area contributed by atoms with Crippen LogP contribution in [-0.2, 0) is 17.8 Å². The molecule has 2 aliphatic heterocycles. The molecule has 2 unspecified atom stereocenters. The summed E-state index contributed by atoms with van der Waals surface area (Å²) < 4.78 is 1.58. The van der Waals surface area contributed by atoms with Crippen molar-refractivity contribution in [3.63, 3.8) is 0 Å². The van der Waals surface area contributed by atoms with E-state index in [4.69, 9.17) is 4.98 Å². The molecule has 0 bridgehead atoms. The molecule has 0 aliphatic carbocycles. The van der Waals surface area contributed by atoms with Crippen LogP contribution in [0.4, 0.5) is 0 Å². The molecule has 1 amide bonds. The van der Waals surface area contributed by atoms with Crippen molar-refractivity contribution in [3.05, 3.63) is 33.4 Å². The van der Waals surface area contributed by atoms with Crippen LogP contribution in [0.25, 0.3) is 5.65 Å². The summed E-state index contributed by atoms with van der Waals surface area (Å²) >= 11 is 0.